The number of rotatable bonds is 1. The summed E-state index contributed by atoms with van der Waals surface area (Å²) < 4.78 is 1.74. The molecule has 0 unspecified atom stereocenters. The van der Waals surface area contributed by atoms with E-state index in [4.69, 9.17) is 16.7 Å². The maximum absolute atomic E-state index is 10.7. The van der Waals surface area contributed by atoms with Gasteiger partial charge in [0.05, 0.1) is 11.1 Å². The van der Waals surface area contributed by atoms with Crippen LogP contribution in [0.2, 0.25) is 5.15 Å². The molecule has 2 aromatic heterocycles. The number of hydrogen-bond donors (Lipinski definition) is 1. The first-order chi connectivity index (χ1) is 6.59. The number of fused-ring (bicyclic) bond motifs is 1. The normalized spacial score (nSPS) is 10.7. The van der Waals surface area contributed by atoms with Gasteiger partial charge < -0.3 is 9.51 Å². The fourth-order valence-electron chi connectivity index (χ4n) is 1.33. The van der Waals surface area contributed by atoms with Gasteiger partial charge in [-0.3, -0.25) is 0 Å². The van der Waals surface area contributed by atoms with E-state index in [1.54, 1.807) is 17.5 Å². The minimum atomic E-state index is -0.970. The first-order valence-electron chi connectivity index (χ1n) is 3.97. The number of hydrogen-bond acceptors (Lipinski definition) is 2. The van der Waals surface area contributed by atoms with Gasteiger partial charge in [0.2, 0.25) is 0 Å². The summed E-state index contributed by atoms with van der Waals surface area (Å²) in [5.74, 6) is -0.232. The molecule has 0 fully saturated rings. The lowest BCUT2D eigenvalue weighted by atomic mass is 10.2. The lowest BCUT2D eigenvalue weighted by Gasteiger charge is -1.97. The van der Waals surface area contributed by atoms with Crippen molar-refractivity contribution in [3.63, 3.8) is 0 Å². The molecule has 1 N–H and O–H groups in total. The van der Waals surface area contributed by atoms with Crippen molar-refractivity contribution in [3.05, 3.63) is 34.9 Å². The molecular weight excluding hydrogens is 204 g/mol. The van der Waals surface area contributed by atoms with E-state index in [9.17, 15) is 4.79 Å². The molecule has 0 aromatic carbocycles. The van der Waals surface area contributed by atoms with Crippen molar-refractivity contribution in [3.8, 4) is 0 Å². The van der Waals surface area contributed by atoms with E-state index in [1.165, 1.54) is 12.1 Å². The van der Waals surface area contributed by atoms with Crippen LogP contribution in [-0.4, -0.2) is 20.5 Å². The van der Waals surface area contributed by atoms with Gasteiger partial charge >= 0.3 is 5.97 Å². The highest BCUT2D eigenvalue weighted by Crippen LogP contribution is 2.18. The largest absolute Gasteiger partial charge is 0.478 e. The second-order valence-electron chi connectivity index (χ2n) is 2.93. The molecular formula is C9H7ClN2O2. The van der Waals surface area contributed by atoms with Crippen molar-refractivity contribution in [2.75, 3.05) is 0 Å². The van der Waals surface area contributed by atoms with Gasteiger partial charge in [-0.2, -0.15) is 0 Å². The lowest BCUT2D eigenvalue weighted by molar-refractivity contribution is 0.0697. The zero-order valence-corrected chi connectivity index (χ0v) is 8.12. The van der Waals surface area contributed by atoms with Crippen molar-refractivity contribution >= 4 is 23.1 Å². The summed E-state index contributed by atoms with van der Waals surface area (Å²) in [6, 6.07) is 3.02. The number of imidazole rings is 1. The van der Waals surface area contributed by atoms with Crippen LogP contribution in [0.15, 0.2) is 18.3 Å². The lowest BCUT2D eigenvalue weighted by Crippen LogP contribution is -1.97. The number of pyridine rings is 1. The zero-order valence-electron chi connectivity index (χ0n) is 7.36. The Morgan fingerprint density at radius 1 is 1.64 bits per heavy atom. The molecule has 0 aliphatic rings. The van der Waals surface area contributed by atoms with E-state index in [1.807, 2.05) is 0 Å². The van der Waals surface area contributed by atoms with Crippen LogP contribution in [0.3, 0.4) is 0 Å². The quantitative estimate of drug-likeness (QED) is 0.783. The molecule has 0 bridgehead atoms. The first-order valence-corrected chi connectivity index (χ1v) is 4.35. The fraction of sp³-hybridized carbons (Fsp3) is 0.111. The van der Waals surface area contributed by atoms with Crippen molar-refractivity contribution in [2.45, 2.75) is 6.92 Å². The Labute approximate surface area is 84.8 Å². The van der Waals surface area contributed by atoms with Gasteiger partial charge in [-0.25, -0.2) is 9.78 Å². The Bertz CT molecular complexity index is 519. The number of carboxylic acids is 1. The molecule has 0 atom stereocenters. The van der Waals surface area contributed by atoms with E-state index >= 15 is 0 Å². The second kappa shape index (κ2) is 2.99. The molecule has 4 nitrogen and oxygen atoms in total. The van der Waals surface area contributed by atoms with Crippen LogP contribution in [0.5, 0.6) is 0 Å². The van der Waals surface area contributed by atoms with E-state index in [2.05, 4.69) is 4.98 Å². The van der Waals surface area contributed by atoms with Crippen molar-refractivity contribution in [1.82, 2.24) is 9.38 Å². The average Bonchev–Trinajstić information content (AvgIpc) is 2.42. The van der Waals surface area contributed by atoms with Gasteiger partial charge in [0, 0.05) is 6.20 Å². The number of carboxylic acid groups (broad SMARTS) is 1. The number of nitrogens with zero attached hydrogens (tertiary/aromatic N) is 2. The van der Waals surface area contributed by atoms with E-state index in [0.29, 0.717) is 10.7 Å². The van der Waals surface area contributed by atoms with Crippen LogP contribution in [0.4, 0.5) is 0 Å². The maximum atomic E-state index is 10.7. The molecule has 0 radical (unpaired) electrons. The maximum Gasteiger partial charge on any atom is 0.335 e. The van der Waals surface area contributed by atoms with Crippen molar-refractivity contribution < 1.29 is 9.90 Å². The SMILES string of the molecule is Cc1nc(Cl)c2cc(C(=O)O)ccn12. The third-order valence-electron chi connectivity index (χ3n) is 2.02. The number of halogens is 1. The van der Waals surface area contributed by atoms with Gasteiger partial charge in [0.15, 0.2) is 5.15 Å². The third-order valence-corrected chi connectivity index (χ3v) is 2.30. The molecule has 0 amide bonds. The van der Waals surface area contributed by atoms with E-state index in [0.717, 1.165) is 5.82 Å². The topological polar surface area (TPSA) is 54.6 Å². The molecule has 0 saturated heterocycles. The average molecular weight is 211 g/mol. The van der Waals surface area contributed by atoms with Crippen LogP contribution in [-0.2, 0) is 0 Å². The van der Waals surface area contributed by atoms with Crippen molar-refractivity contribution in [2.24, 2.45) is 0 Å². The van der Waals surface area contributed by atoms with Crippen LogP contribution in [0, 0.1) is 6.92 Å². The van der Waals surface area contributed by atoms with Crippen LogP contribution in [0.1, 0.15) is 16.2 Å². The monoisotopic (exact) mass is 210 g/mol. The summed E-state index contributed by atoms with van der Waals surface area (Å²) in [5, 5.41) is 9.09. The van der Waals surface area contributed by atoms with Gasteiger partial charge in [-0.15, -0.1) is 0 Å². The predicted octanol–water partition coefficient (Wildman–Crippen LogP) is 1.99. The Morgan fingerprint density at radius 2 is 2.36 bits per heavy atom. The van der Waals surface area contributed by atoms with Gasteiger partial charge in [0.25, 0.3) is 0 Å². The highest BCUT2D eigenvalue weighted by atomic mass is 35.5. The number of aromatic nitrogens is 2. The summed E-state index contributed by atoms with van der Waals surface area (Å²) in [7, 11) is 0. The third kappa shape index (κ3) is 1.24. The fourth-order valence-corrected chi connectivity index (χ4v) is 1.60. The van der Waals surface area contributed by atoms with Gasteiger partial charge in [0.1, 0.15) is 5.82 Å². The Hall–Kier alpha value is -1.55. The summed E-state index contributed by atoms with van der Waals surface area (Å²) in [6.07, 6.45) is 1.65. The molecule has 14 heavy (non-hydrogen) atoms. The first kappa shape index (κ1) is 9.02. The number of carbonyl (C=O) groups is 1. The molecule has 0 saturated carbocycles. The molecule has 2 rings (SSSR count). The Balaban J connectivity index is 2.77. The highest BCUT2D eigenvalue weighted by molar-refractivity contribution is 6.32. The second-order valence-corrected chi connectivity index (χ2v) is 3.28. The molecule has 2 heterocycles. The number of aryl methyl sites for hydroxylation is 1. The highest BCUT2D eigenvalue weighted by Gasteiger charge is 2.09. The summed E-state index contributed by atoms with van der Waals surface area (Å²) in [6.45, 7) is 1.80. The van der Waals surface area contributed by atoms with Crippen LogP contribution < -0.4 is 0 Å². The van der Waals surface area contributed by atoms with Crippen LogP contribution >= 0.6 is 11.6 Å². The summed E-state index contributed by atoms with van der Waals surface area (Å²) in [5.41, 5.74) is 0.823. The molecule has 72 valence electrons. The van der Waals surface area contributed by atoms with Crippen LogP contribution in [0.25, 0.3) is 5.52 Å². The standard InChI is InChI=1S/C9H7ClN2O2/c1-5-11-8(10)7-4-6(9(13)14)2-3-12(5)7/h2-4H,1H3,(H,13,14). The molecule has 2 aromatic rings. The molecule has 5 heteroatoms. The smallest absolute Gasteiger partial charge is 0.335 e. The Kier molecular flexibility index (Phi) is 1.93. The molecule has 0 spiro atoms. The summed E-state index contributed by atoms with van der Waals surface area (Å²) >= 11 is 5.83. The van der Waals surface area contributed by atoms with Gasteiger partial charge in [-0.05, 0) is 19.1 Å². The Morgan fingerprint density at radius 3 is 3.00 bits per heavy atom. The summed E-state index contributed by atoms with van der Waals surface area (Å²) in [4.78, 5) is 14.7. The minimum absolute atomic E-state index is 0.208. The molecule has 0 aliphatic carbocycles. The van der Waals surface area contributed by atoms with E-state index < -0.39 is 5.97 Å². The van der Waals surface area contributed by atoms with Gasteiger partial charge in [-0.1, -0.05) is 11.6 Å². The molecule has 0 aliphatic heterocycles. The van der Waals surface area contributed by atoms with Crippen molar-refractivity contribution in [1.29, 1.82) is 0 Å². The minimum Gasteiger partial charge on any atom is -0.478 e. The number of aromatic carboxylic acids is 1. The van der Waals surface area contributed by atoms with E-state index in [-0.39, 0.29) is 5.56 Å². The zero-order chi connectivity index (χ0) is 10.3. The predicted molar refractivity (Wildman–Crippen MR) is 51.9 cm³/mol.